The first kappa shape index (κ1) is 21.2. The number of piperidine rings is 2. The molecule has 2 aliphatic heterocycles. The molecular formula is C23H33N5OS. The topological polar surface area (TPSA) is 61.4 Å². The summed E-state index contributed by atoms with van der Waals surface area (Å²) in [5.41, 5.74) is 2.51. The maximum absolute atomic E-state index is 12.5. The van der Waals surface area contributed by atoms with Crippen molar-refractivity contribution < 1.29 is 4.79 Å². The van der Waals surface area contributed by atoms with Gasteiger partial charge in [-0.05, 0) is 51.3 Å². The van der Waals surface area contributed by atoms with Gasteiger partial charge in [0.05, 0.1) is 0 Å². The summed E-state index contributed by atoms with van der Waals surface area (Å²) >= 11 is 1.48. The zero-order valence-corrected chi connectivity index (χ0v) is 18.8. The van der Waals surface area contributed by atoms with E-state index in [2.05, 4.69) is 50.7 Å². The zero-order chi connectivity index (χ0) is 20.8. The van der Waals surface area contributed by atoms with Gasteiger partial charge in [-0.1, -0.05) is 36.2 Å². The van der Waals surface area contributed by atoms with Crippen LogP contribution in [-0.2, 0) is 11.2 Å². The largest absolute Gasteiger partial charge is 0.355 e. The summed E-state index contributed by atoms with van der Waals surface area (Å²) in [6.45, 7) is 7.98. The molecule has 0 spiro atoms. The van der Waals surface area contributed by atoms with Crippen LogP contribution >= 0.6 is 11.5 Å². The molecule has 0 saturated carbocycles. The Hall–Kier alpha value is -1.99. The standard InChI is InChI=1S/C23H33N5OS/c1-18-5-7-19(8-6-18)17-21-25-23(30-26-21)28-14-9-20(10-15-28)22(29)24-11-16-27-12-3-2-4-13-27/h5-8,20H,2-4,9-17H2,1H3,(H,24,29). The molecule has 0 unspecified atom stereocenters. The molecule has 0 atom stereocenters. The number of anilines is 1. The van der Waals surface area contributed by atoms with E-state index >= 15 is 0 Å². The lowest BCUT2D eigenvalue weighted by molar-refractivity contribution is -0.125. The van der Waals surface area contributed by atoms with Gasteiger partial charge in [0.15, 0.2) is 0 Å². The van der Waals surface area contributed by atoms with Crippen molar-refractivity contribution in [2.45, 2.75) is 45.4 Å². The Morgan fingerprint density at radius 3 is 2.57 bits per heavy atom. The Labute approximate surface area is 183 Å². The van der Waals surface area contributed by atoms with Crippen LogP contribution < -0.4 is 10.2 Å². The lowest BCUT2D eigenvalue weighted by Crippen LogP contribution is -2.43. The summed E-state index contributed by atoms with van der Waals surface area (Å²) in [5.74, 6) is 1.24. The zero-order valence-electron chi connectivity index (χ0n) is 18.0. The van der Waals surface area contributed by atoms with E-state index in [4.69, 9.17) is 4.98 Å². The molecule has 1 N–H and O–H groups in total. The second-order valence-electron chi connectivity index (χ2n) is 8.61. The lowest BCUT2D eigenvalue weighted by atomic mass is 9.96. The molecule has 2 aromatic rings. The summed E-state index contributed by atoms with van der Waals surface area (Å²) in [4.78, 5) is 22.0. The number of nitrogens with zero attached hydrogens (tertiary/aromatic N) is 4. The number of rotatable bonds is 7. The van der Waals surface area contributed by atoms with Gasteiger partial charge in [-0.15, -0.1) is 0 Å². The minimum absolute atomic E-state index is 0.127. The molecule has 162 valence electrons. The number of carbonyl (C=O) groups is 1. The Balaban J connectivity index is 1.20. The molecule has 2 fully saturated rings. The SMILES string of the molecule is Cc1ccc(Cc2nsc(N3CCC(C(=O)NCCN4CCCCC4)CC3)n2)cc1. The van der Waals surface area contributed by atoms with Gasteiger partial charge < -0.3 is 15.1 Å². The summed E-state index contributed by atoms with van der Waals surface area (Å²) in [6, 6.07) is 8.55. The molecule has 6 nitrogen and oxygen atoms in total. The van der Waals surface area contributed by atoms with Crippen molar-refractivity contribution >= 4 is 22.6 Å². The van der Waals surface area contributed by atoms with Crippen molar-refractivity contribution in [1.29, 1.82) is 0 Å². The van der Waals surface area contributed by atoms with Crippen LogP contribution in [0.4, 0.5) is 5.13 Å². The van der Waals surface area contributed by atoms with Gasteiger partial charge in [-0.2, -0.15) is 4.37 Å². The van der Waals surface area contributed by atoms with E-state index in [0.29, 0.717) is 0 Å². The van der Waals surface area contributed by atoms with Crippen LogP contribution in [0.15, 0.2) is 24.3 Å². The number of hydrogen-bond acceptors (Lipinski definition) is 6. The molecular weight excluding hydrogens is 394 g/mol. The van der Waals surface area contributed by atoms with Gasteiger partial charge in [0.25, 0.3) is 0 Å². The number of likely N-dealkylation sites (tertiary alicyclic amines) is 1. The summed E-state index contributed by atoms with van der Waals surface area (Å²) in [5, 5.41) is 4.15. The van der Waals surface area contributed by atoms with Crippen molar-refractivity contribution in [3.63, 3.8) is 0 Å². The van der Waals surface area contributed by atoms with Gasteiger partial charge in [-0.3, -0.25) is 4.79 Å². The number of nitrogens with one attached hydrogen (secondary N) is 1. The smallest absolute Gasteiger partial charge is 0.223 e. The van der Waals surface area contributed by atoms with Gasteiger partial charge in [0, 0.05) is 50.1 Å². The highest BCUT2D eigenvalue weighted by atomic mass is 32.1. The van der Waals surface area contributed by atoms with Crippen LogP contribution in [0.5, 0.6) is 0 Å². The third kappa shape index (κ3) is 5.79. The van der Waals surface area contributed by atoms with E-state index in [1.165, 1.54) is 55.0 Å². The molecule has 1 amide bonds. The van der Waals surface area contributed by atoms with E-state index in [1.807, 2.05) is 0 Å². The van der Waals surface area contributed by atoms with E-state index in [1.54, 1.807) is 0 Å². The first-order chi connectivity index (χ1) is 14.7. The quantitative estimate of drug-likeness (QED) is 0.735. The van der Waals surface area contributed by atoms with E-state index in [-0.39, 0.29) is 11.8 Å². The third-order valence-corrected chi connectivity index (χ3v) is 7.07. The maximum Gasteiger partial charge on any atom is 0.223 e. The molecule has 0 bridgehead atoms. The average molecular weight is 428 g/mol. The van der Waals surface area contributed by atoms with E-state index in [9.17, 15) is 4.79 Å². The number of aryl methyl sites for hydroxylation is 1. The Kier molecular flexibility index (Phi) is 7.33. The van der Waals surface area contributed by atoms with E-state index in [0.717, 1.165) is 56.4 Å². The van der Waals surface area contributed by atoms with Crippen LogP contribution in [0.1, 0.15) is 49.1 Å². The number of benzene rings is 1. The molecule has 0 radical (unpaired) electrons. The predicted octanol–water partition coefficient (Wildman–Crippen LogP) is 3.26. The Morgan fingerprint density at radius 1 is 1.10 bits per heavy atom. The second kappa shape index (κ2) is 10.4. The molecule has 2 aliphatic rings. The number of carbonyl (C=O) groups excluding carboxylic acids is 1. The van der Waals surface area contributed by atoms with E-state index < -0.39 is 0 Å². The van der Waals surface area contributed by atoms with Crippen LogP contribution in [0.3, 0.4) is 0 Å². The normalized spacial score (nSPS) is 18.5. The fourth-order valence-electron chi connectivity index (χ4n) is 4.33. The van der Waals surface area contributed by atoms with Crippen molar-refractivity contribution in [3.8, 4) is 0 Å². The van der Waals surface area contributed by atoms with Gasteiger partial charge in [-0.25, -0.2) is 4.98 Å². The molecule has 3 heterocycles. The summed E-state index contributed by atoms with van der Waals surface area (Å²) in [7, 11) is 0. The maximum atomic E-state index is 12.5. The molecule has 7 heteroatoms. The summed E-state index contributed by atoms with van der Waals surface area (Å²) < 4.78 is 4.55. The first-order valence-electron chi connectivity index (χ1n) is 11.3. The number of amides is 1. The van der Waals surface area contributed by atoms with Crippen molar-refractivity contribution in [1.82, 2.24) is 19.6 Å². The highest BCUT2D eigenvalue weighted by Gasteiger charge is 2.26. The van der Waals surface area contributed by atoms with Crippen molar-refractivity contribution in [2.24, 2.45) is 5.92 Å². The molecule has 0 aliphatic carbocycles. The van der Waals surface area contributed by atoms with Gasteiger partial charge in [0.1, 0.15) is 5.82 Å². The number of hydrogen-bond donors (Lipinski definition) is 1. The van der Waals surface area contributed by atoms with Crippen molar-refractivity contribution in [3.05, 3.63) is 41.2 Å². The highest BCUT2D eigenvalue weighted by Crippen LogP contribution is 2.25. The van der Waals surface area contributed by atoms with Crippen LogP contribution in [0, 0.1) is 12.8 Å². The molecule has 2 saturated heterocycles. The minimum Gasteiger partial charge on any atom is -0.355 e. The molecule has 30 heavy (non-hydrogen) atoms. The van der Waals surface area contributed by atoms with Crippen LogP contribution in [0.2, 0.25) is 0 Å². The first-order valence-corrected chi connectivity index (χ1v) is 12.1. The fraction of sp³-hybridized carbons (Fsp3) is 0.609. The summed E-state index contributed by atoms with van der Waals surface area (Å²) in [6.07, 6.45) is 6.50. The fourth-order valence-corrected chi connectivity index (χ4v) is 5.07. The Bertz CT molecular complexity index is 807. The molecule has 4 rings (SSSR count). The molecule has 1 aromatic carbocycles. The van der Waals surface area contributed by atoms with Crippen LogP contribution in [0.25, 0.3) is 0 Å². The van der Waals surface area contributed by atoms with Crippen molar-refractivity contribution in [2.75, 3.05) is 44.2 Å². The van der Waals surface area contributed by atoms with Gasteiger partial charge >= 0.3 is 0 Å². The third-order valence-electron chi connectivity index (χ3n) is 6.25. The molecule has 1 aromatic heterocycles. The Morgan fingerprint density at radius 2 is 1.83 bits per heavy atom. The lowest BCUT2D eigenvalue weighted by Gasteiger charge is -2.31. The van der Waals surface area contributed by atoms with Crippen LogP contribution in [-0.4, -0.2) is 59.4 Å². The number of aromatic nitrogens is 2. The highest BCUT2D eigenvalue weighted by molar-refractivity contribution is 7.09. The monoisotopic (exact) mass is 427 g/mol. The second-order valence-corrected chi connectivity index (χ2v) is 9.34. The average Bonchev–Trinajstić information content (AvgIpc) is 3.25. The minimum atomic E-state index is 0.127. The predicted molar refractivity (Wildman–Crippen MR) is 122 cm³/mol. The van der Waals surface area contributed by atoms with Gasteiger partial charge in [0.2, 0.25) is 11.0 Å².